The molecule has 1 aliphatic carbocycles. The quantitative estimate of drug-likeness (QED) is 0.571. The fourth-order valence-electron chi connectivity index (χ4n) is 3.81. The molecule has 1 aliphatic rings. The predicted molar refractivity (Wildman–Crippen MR) is 107 cm³/mol. The van der Waals surface area contributed by atoms with E-state index >= 15 is 0 Å². The van der Waals surface area contributed by atoms with Gasteiger partial charge in [0.05, 0.1) is 11.4 Å². The first-order valence-corrected chi connectivity index (χ1v) is 9.26. The van der Waals surface area contributed by atoms with E-state index in [2.05, 4.69) is 22.4 Å². The average Bonchev–Trinajstić information content (AvgIpc) is 3.37. The molecule has 2 aromatic carbocycles. The number of benzene rings is 2. The van der Waals surface area contributed by atoms with Gasteiger partial charge in [0.25, 0.3) is 5.91 Å². The van der Waals surface area contributed by atoms with Crippen LogP contribution in [0.25, 0.3) is 16.6 Å². The summed E-state index contributed by atoms with van der Waals surface area (Å²) in [6.07, 6.45) is 3.00. The SMILES string of the molecule is Cc1ccc2cc(C(=O)Nc3c4c(nn3-c3ccccc3)CCC4)[nH]c2c1. The predicted octanol–water partition coefficient (Wildman–Crippen LogP) is 4.40. The van der Waals surface area contributed by atoms with Crippen molar-refractivity contribution in [3.63, 3.8) is 0 Å². The van der Waals surface area contributed by atoms with Gasteiger partial charge in [-0.1, -0.05) is 30.3 Å². The molecule has 0 atom stereocenters. The van der Waals surface area contributed by atoms with Crippen LogP contribution in [0.2, 0.25) is 0 Å². The number of hydrogen-bond acceptors (Lipinski definition) is 2. The second kappa shape index (κ2) is 6.13. The number of hydrogen-bond donors (Lipinski definition) is 2. The maximum Gasteiger partial charge on any atom is 0.273 e. The molecule has 0 saturated heterocycles. The summed E-state index contributed by atoms with van der Waals surface area (Å²) >= 11 is 0. The Morgan fingerprint density at radius 1 is 1.11 bits per heavy atom. The molecule has 134 valence electrons. The van der Waals surface area contributed by atoms with Gasteiger partial charge in [-0.05, 0) is 56.0 Å². The Hall–Kier alpha value is -3.34. The summed E-state index contributed by atoms with van der Waals surface area (Å²) in [4.78, 5) is 16.2. The Bertz CT molecular complexity index is 1150. The van der Waals surface area contributed by atoms with Crippen LogP contribution in [0.15, 0.2) is 54.6 Å². The van der Waals surface area contributed by atoms with E-state index in [9.17, 15) is 4.79 Å². The number of aromatic amines is 1. The Morgan fingerprint density at radius 3 is 2.81 bits per heavy atom. The van der Waals surface area contributed by atoms with Crippen LogP contribution in [-0.2, 0) is 12.8 Å². The third-order valence-corrected chi connectivity index (χ3v) is 5.16. The van der Waals surface area contributed by atoms with Crippen LogP contribution >= 0.6 is 0 Å². The van der Waals surface area contributed by atoms with Crippen molar-refractivity contribution < 1.29 is 4.79 Å². The number of aryl methyl sites for hydroxylation is 2. The molecule has 2 aromatic heterocycles. The molecule has 2 heterocycles. The lowest BCUT2D eigenvalue weighted by Crippen LogP contribution is -2.16. The molecule has 5 rings (SSSR count). The fraction of sp³-hybridized carbons (Fsp3) is 0.182. The lowest BCUT2D eigenvalue weighted by atomic mass is 10.2. The number of aromatic nitrogens is 3. The van der Waals surface area contributed by atoms with E-state index in [1.807, 2.05) is 54.1 Å². The number of anilines is 1. The third kappa shape index (κ3) is 2.72. The van der Waals surface area contributed by atoms with Crippen LogP contribution in [0.5, 0.6) is 0 Å². The zero-order valence-electron chi connectivity index (χ0n) is 15.1. The first kappa shape index (κ1) is 15.9. The molecular formula is C22H20N4O. The smallest absolute Gasteiger partial charge is 0.273 e. The van der Waals surface area contributed by atoms with Gasteiger partial charge in [-0.15, -0.1) is 0 Å². The first-order valence-electron chi connectivity index (χ1n) is 9.26. The van der Waals surface area contributed by atoms with Crippen LogP contribution < -0.4 is 5.32 Å². The lowest BCUT2D eigenvalue weighted by molar-refractivity contribution is 0.102. The van der Waals surface area contributed by atoms with Crippen molar-refractivity contribution in [2.24, 2.45) is 0 Å². The van der Waals surface area contributed by atoms with E-state index < -0.39 is 0 Å². The van der Waals surface area contributed by atoms with Gasteiger partial charge in [0.2, 0.25) is 0 Å². The van der Waals surface area contributed by atoms with Crippen molar-refractivity contribution in [3.8, 4) is 5.69 Å². The summed E-state index contributed by atoms with van der Waals surface area (Å²) in [5.41, 5.74) is 5.89. The van der Waals surface area contributed by atoms with E-state index in [-0.39, 0.29) is 5.91 Å². The van der Waals surface area contributed by atoms with Gasteiger partial charge < -0.3 is 10.3 Å². The van der Waals surface area contributed by atoms with Crippen molar-refractivity contribution in [2.75, 3.05) is 5.32 Å². The summed E-state index contributed by atoms with van der Waals surface area (Å²) in [6.45, 7) is 2.04. The van der Waals surface area contributed by atoms with E-state index in [1.165, 1.54) is 0 Å². The lowest BCUT2D eigenvalue weighted by Gasteiger charge is -2.10. The molecule has 0 aliphatic heterocycles. The zero-order chi connectivity index (χ0) is 18.4. The molecule has 0 bridgehead atoms. The summed E-state index contributed by atoms with van der Waals surface area (Å²) in [6, 6.07) is 18.0. The molecule has 27 heavy (non-hydrogen) atoms. The minimum atomic E-state index is -0.143. The minimum Gasteiger partial charge on any atom is -0.351 e. The summed E-state index contributed by atoms with van der Waals surface area (Å²) in [7, 11) is 0. The van der Waals surface area contributed by atoms with Crippen LogP contribution in [0.3, 0.4) is 0 Å². The number of carbonyl (C=O) groups excluding carboxylic acids is 1. The molecule has 0 unspecified atom stereocenters. The molecule has 0 radical (unpaired) electrons. The second-order valence-electron chi connectivity index (χ2n) is 7.10. The molecule has 1 amide bonds. The number of H-pyrrole nitrogens is 1. The summed E-state index contributed by atoms with van der Waals surface area (Å²) in [5.74, 6) is 0.643. The summed E-state index contributed by atoms with van der Waals surface area (Å²) < 4.78 is 1.86. The minimum absolute atomic E-state index is 0.143. The first-order chi connectivity index (χ1) is 13.2. The van der Waals surface area contributed by atoms with Crippen LogP contribution in [-0.4, -0.2) is 20.7 Å². The maximum atomic E-state index is 13.0. The Balaban J connectivity index is 1.53. The van der Waals surface area contributed by atoms with Gasteiger partial charge in [-0.25, -0.2) is 4.68 Å². The van der Waals surface area contributed by atoms with Gasteiger partial charge in [-0.2, -0.15) is 5.10 Å². The van der Waals surface area contributed by atoms with Gasteiger partial charge in [0, 0.05) is 16.5 Å². The highest BCUT2D eigenvalue weighted by Gasteiger charge is 2.25. The van der Waals surface area contributed by atoms with Gasteiger partial charge >= 0.3 is 0 Å². The molecule has 0 fully saturated rings. The standard InChI is InChI=1S/C22H20N4O/c1-14-10-11-15-13-20(23-19(15)12-14)22(27)24-21-17-8-5-9-18(17)25-26(21)16-6-3-2-4-7-16/h2-4,6-7,10-13,23H,5,8-9H2,1H3,(H,24,27). The Morgan fingerprint density at radius 2 is 1.96 bits per heavy atom. The van der Waals surface area contributed by atoms with Crippen molar-refractivity contribution in [3.05, 3.63) is 77.1 Å². The number of carbonyl (C=O) groups is 1. The molecule has 0 saturated carbocycles. The summed E-state index contributed by atoms with van der Waals surface area (Å²) in [5, 5.41) is 8.90. The highest BCUT2D eigenvalue weighted by molar-refractivity contribution is 6.06. The Labute approximate surface area is 157 Å². The molecule has 5 nitrogen and oxygen atoms in total. The number of nitrogens with one attached hydrogen (secondary N) is 2. The van der Waals surface area contributed by atoms with E-state index in [4.69, 9.17) is 5.10 Å². The number of nitrogens with zero attached hydrogens (tertiary/aromatic N) is 2. The van der Waals surface area contributed by atoms with E-state index in [0.29, 0.717) is 5.69 Å². The number of rotatable bonds is 3. The van der Waals surface area contributed by atoms with Gasteiger partial charge in [0.1, 0.15) is 11.5 Å². The number of fused-ring (bicyclic) bond motifs is 2. The van der Waals surface area contributed by atoms with Crippen molar-refractivity contribution in [1.82, 2.24) is 14.8 Å². The molecule has 4 aromatic rings. The fourth-order valence-corrected chi connectivity index (χ4v) is 3.81. The topological polar surface area (TPSA) is 62.7 Å². The maximum absolute atomic E-state index is 13.0. The molecular weight excluding hydrogens is 336 g/mol. The zero-order valence-corrected chi connectivity index (χ0v) is 15.1. The van der Waals surface area contributed by atoms with Gasteiger partial charge in [-0.3, -0.25) is 4.79 Å². The van der Waals surface area contributed by atoms with Crippen molar-refractivity contribution in [2.45, 2.75) is 26.2 Å². The normalized spacial score (nSPS) is 13.1. The van der Waals surface area contributed by atoms with Crippen LogP contribution in [0.1, 0.15) is 33.7 Å². The van der Waals surface area contributed by atoms with Crippen molar-refractivity contribution >= 4 is 22.6 Å². The average molecular weight is 356 g/mol. The highest BCUT2D eigenvalue weighted by Crippen LogP contribution is 2.31. The highest BCUT2D eigenvalue weighted by atomic mass is 16.2. The third-order valence-electron chi connectivity index (χ3n) is 5.16. The van der Waals surface area contributed by atoms with E-state index in [0.717, 1.165) is 58.5 Å². The van der Waals surface area contributed by atoms with Crippen LogP contribution in [0.4, 0.5) is 5.82 Å². The molecule has 5 heteroatoms. The Kier molecular flexibility index (Phi) is 3.60. The molecule has 2 N–H and O–H groups in total. The number of amides is 1. The second-order valence-corrected chi connectivity index (χ2v) is 7.10. The van der Waals surface area contributed by atoms with Crippen molar-refractivity contribution in [1.29, 1.82) is 0 Å². The van der Waals surface area contributed by atoms with Gasteiger partial charge in [0.15, 0.2) is 0 Å². The van der Waals surface area contributed by atoms with Crippen LogP contribution in [0, 0.1) is 6.92 Å². The monoisotopic (exact) mass is 356 g/mol. The molecule has 0 spiro atoms. The number of para-hydroxylation sites is 1. The van der Waals surface area contributed by atoms with E-state index in [1.54, 1.807) is 0 Å². The largest absolute Gasteiger partial charge is 0.351 e.